The lowest BCUT2D eigenvalue weighted by Crippen LogP contribution is -2.33. The molecule has 0 saturated carbocycles. The van der Waals surface area contributed by atoms with Gasteiger partial charge in [0, 0.05) is 18.8 Å². The number of hydrogen-bond acceptors (Lipinski definition) is 5. The highest BCUT2D eigenvalue weighted by Crippen LogP contribution is 2.25. The molecule has 1 aromatic heterocycles. The molecule has 0 bridgehead atoms. The van der Waals surface area contributed by atoms with Crippen LogP contribution in [0.1, 0.15) is 43.6 Å². The van der Waals surface area contributed by atoms with E-state index in [-0.39, 0.29) is 10.5 Å². The molecule has 1 aliphatic rings. The molecule has 36 heavy (non-hydrogen) atoms. The Morgan fingerprint density at radius 3 is 2.25 bits per heavy atom. The van der Waals surface area contributed by atoms with E-state index in [4.69, 9.17) is 4.98 Å². The average Bonchev–Trinajstić information content (AvgIpc) is 2.90. The molecule has 8 heteroatoms. The predicted octanol–water partition coefficient (Wildman–Crippen LogP) is 4.72. The van der Waals surface area contributed by atoms with Gasteiger partial charge in [0.1, 0.15) is 5.82 Å². The number of benzene rings is 3. The van der Waals surface area contributed by atoms with E-state index in [0.717, 1.165) is 37.2 Å². The van der Waals surface area contributed by atoms with Crippen molar-refractivity contribution in [2.75, 3.05) is 18.0 Å². The second-order valence-electron chi connectivity index (χ2n) is 9.35. The van der Waals surface area contributed by atoms with Crippen LogP contribution in [-0.4, -0.2) is 31.1 Å². The molecule has 4 aromatic rings. The Bertz CT molecular complexity index is 1540. The molecule has 7 nitrogen and oxygen atoms in total. The van der Waals surface area contributed by atoms with Gasteiger partial charge in [-0.25, -0.2) is 18.1 Å². The van der Waals surface area contributed by atoms with Crippen LogP contribution in [0.25, 0.3) is 16.6 Å². The molecule has 5 rings (SSSR count). The van der Waals surface area contributed by atoms with Gasteiger partial charge in [-0.2, -0.15) is 0 Å². The number of anilines is 1. The summed E-state index contributed by atoms with van der Waals surface area (Å²) in [6, 6.07) is 20.8. The van der Waals surface area contributed by atoms with Crippen molar-refractivity contribution in [3.05, 3.63) is 94.5 Å². The van der Waals surface area contributed by atoms with E-state index < -0.39 is 16.1 Å². The lowest BCUT2D eigenvalue weighted by Gasteiger charge is -2.29. The molecule has 0 spiro atoms. The van der Waals surface area contributed by atoms with Crippen molar-refractivity contribution in [2.24, 2.45) is 0 Å². The molecule has 0 aliphatic carbocycles. The molecular weight excluding hydrogens is 472 g/mol. The number of piperidine rings is 1. The van der Waals surface area contributed by atoms with E-state index in [1.165, 1.54) is 23.1 Å². The number of fused-ring (bicyclic) bond motifs is 1. The Balaban J connectivity index is 1.64. The van der Waals surface area contributed by atoms with Crippen molar-refractivity contribution in [3.63, 3.8) is 0 Å². The maximum atomic E-state index is 13.9. The monoisotopic (exact) mass is 502 g/mol. The van der Waals surface area contributed by atoms with Crippen molar-refractivity contribution in [3.8, 4) is 5.69 Å². The first-order valence-corrected chi connectivity index (χ1v) is 13.8. The number of aromatic nitrogens is 2. The number of nitrogens with one attached hydrogen (secondary N) is 1. The van der Waals surface area contributed by atoms with Gasteiger partial charge in [-0.1, -0.05) is 35.9 Å². The molecule has 1 aliphatic heterocycles. The highest BCUT2D eigenvalue weighted by Gasteiger charge is 2.24. The quantitative estimate of drug-likeness (QED) is 0.412. The summed E-state index contributed by atoms with van der Waals surface area (Å²) in [5, 5.41) is 0.514. The number of aryl methyl sites for hydroxylation is 1. The fourth-order valence-corrected chi connectivity index (χ4v) is 5.95. The minimum absolute atomic E-state index is 0.160. The van der Waals surface area contributed by atoms with Crippen molar-refractivity contribution >= 4 is 26.6 Å². The first kappa shape index (κ1) is 24.2. The van der Waals surface area contributed by atoms with Gasteiger partial charge in [0.2, 0.25) is 10.0 Å². The van der Waals surface area contributed by atoms with Gasteiger partial charge in [0.05, 0.1) is 27.5 Å². The Labute approximate surface area is 211 Å². The van der Waals surface area contributed by atoms with E-state index in [2.05, 4.69) is 9.62 Å². The lowest BCUT2D eigenvalue weighted by atomic mass is 10.1. The third-order valence-corrected chi connectivity index (χ3v) is 8.22. The molecule has 2 heterocycles. The van der Waals surface area contributed by atoms with Gasteiger partial charge >= 0.3 is 0 Å². The molecule has 1 fully saturated rings. The van der Waals surface area contributed by atoms with E-state index >= 15 is 0 Å². The summed E-state index contributed by atoms with van der Waals surface area (Å²) in [6.07, 6.45) is 3.51. The van der Waals surface area contributed by atoms with Crippen LogP contribution in [0.15, 0.2) is 82.5 Å². The van der Waals surface area contributed by atoms with E-state index in [9.17, 15) is 13.2 Å². The fraction of sp³-hybridized carbons (Fsp3) is 0.286. The molecule has 1 unspecified atom stereocenters. The average molecular weight is 503 g/mol. The van der Waals surface area contributed by atoms with Gasteiger partial charge in [-0.05, 0) is 75.6 Å². The van der Waals surface area contributed by atoms with Gasteiger partial charge < -0.3 is 4.90 Å². The molecule has 186 valence electrons. The number of rotatable bonds is 6. The number of sulfonamides is 1. The van der Waals surface area contributed by atoms with Crippen LogP contribution in [-0.2, 0) is 10.0 Å². The van der Waals surface area contributed by atoms with Crippen LogP contribution in [0.2, 0.25) is 0 Å². The highest BCUT2D eigenvalue weighted by atomic mass is 32.2. The molecular formula is C28H30N4O3S. The molecule has 0 radical (unpaired) electrons. The SMILES string of the molecule is Cc1ccc(-n2c(C(C)NS(=O)(=O)c3ccccc3)nc3ccc(N4CCCCC4)cc3c2=O)cc1. The topological polar surface area (TPSA) is 84.3 Å². The Morgan fingerprint density at radius 2 is 1.56 bits per heavy atom. The second kappa shape index (κ2) is 9.87. The first-order chi connectivity index (χ1) is 17.3. The fourth-order valence-electron chi connectivity index (χ4n) is 4.73. The van der Waals surface area contributed by atoms with Crippen LogP contribution in [0.3, 0.4) is 0 Å². The maximum Gasteiger partial charge on any atom is 0.266 e. The van der Waals surface area contributed by atoms with E-state index in [1.54, 1.807) is 25.1 Å². The molecule has 3 aromatic carbocycles. The van der Waals surface area contributed by atoms with E-state index in [1.807, 2.05) is 49.4 Å². The largest absolute Gasteiger partial charge is 0.372 e. The zero-order valence-electron chi connectivity index (χ0n) is 20.5. The third-order valence-electron chi connectivity index (χ3n) is 6.66. The summed E-state index contributed by atoms with van der Waals surface area (Å²) in [6.45, 7) is 5.64. The lowest BCUT2D eigenvalue weighted by molar-refractivity contribution is 0.555. The summed E-state index contributed by atoms with van der Waals surface area (Å²) >= 11 is 0. The second-order valence-corrected chi connectivity index (χ2v) is 11.1. The molecule has 0 amide bonds. The van der Waals surface area contributed by atoms with Crippen LogP contribution in [0.4, 0.5) is 5.69 Å². The smallest absolute Gasteiger partial charge is 0.266 e. The van der Waals surface area contributed by atoms with Crippen LogP contribution >= 0.6 is 0 Å². The summed E-state index contributed by atoms with van der Waals surface area (Å²) < 4.78 is 30.3. The third kappa shape index (κ3) is 4.79. The molecule has 1 saturated heterocycles. The van der Waals surface area contributed by atoms with Crippen molar-refractivity contribution in [1.29, 1.82) is 0 Å². The summed E-state index contributed by atoms with van der Waals surface area (Å²) in [4.78, 5) is 21.2. The standard InChI is InChI=1S/C28H30N4O3S/c1-20-11-13-22(14-12-20)32-27(21(2)30-36(34,35)24-9-5-3-6-10-24)29-26-16-15-23(19-25(26)28(32)33)31-17-7-4-8-18-31/h3,5-6,9-16,19,21,30H,4,7-8,17-18H2,1-2H3. The van der Waals surface area contributed by atoms with E-state index in [0.29, 0.717) is 22.4 Å². The molecule has 1 N–H and O–H groups in total. The van der Waals surface area contributed by atoms with Gasteiger partial charge in [0.15, 0.2) is 0 Å². The minimum Gasteiger partial charge on any atom is -0.372 e. The zero-order chi connectivity index (χ0) is 25.3. The number of hydrogen-bond donors (Lipinski definition) is 1. The van der Waals surface area contributed by atoms with Crippen LogP contribution in [0.5, 0.6) is 0 Å². The van der Waals surface area contributed by atoms with Crippen molar-refractivity contribution in [2.45, 2.75) is 44.0 Å². The zero-order valence-corrected chi connectivity index (χ0v) is 21.3. The maximum absolute atomic E-state index is 13.9. The number of nitrogens with zero attached hydrogens (tertiary/aromatic N) is 3. The normalized spacial score (nSPS) is 15.2. The molecule has 1 atom stereocenters. The van der Waals surface area contributed by atoms with Crippen molar-refractivity contribution < 1.29 is 8.42 Å². The first-order valence-electron chi connectivity index (χ1n) is 12.3. The van der Waals surface area contributed by atoms with Crippen LogP contribution in [0, 0.1) is 6.92 Å². The summed E-state index contributed by atoms with van der Waals surface area (Å²) in [7, 11) is -3.81. The van der Waals surface area contributed by atoms with Gasteiger partial charge in [-0.3, -0.25) is 9.36 Å². The highest BCUT2D eigenvalue weighted by molar-refractivity contribution is 7.89. The Morgan fingerprint density at radius 1 is 0.889 bits per heavy atom. The van der Waals surface area contributed by atoms with Gasteiger partial charge in [0.25, 0.3) is 5.56 Å². The predicted molar refractivity (Wildman–Crippen MR) is 143 cm³/mol. The Kier molecular flexibility index (Phi) is 6.64. The Hall–Kier alpha value is -3.49. The minimum atomic E-state index is -3.81. The van der Waals surface area contributed by atoms with Crippen LogP contribution < -0.4 is 15.2 Å². The van der Waals surface area contributed by atoms with Crippen molar-refractivity contribution in [1.82, 2.24) is 14.3 Å². The summed E-state index contributed by atoms with van der Waals surface area (Å²) in [5.74, 6) is 0.335. The summed E-state index contributed by atoms with van der Waals surface area (Å²) in [5.41, 5.74) is 3.05. The van der Waals surface area contributed by atoms with Gasteiger partial charge in [-0.15, -0.1) is 0 Å².